The van der Waals surface area contributed by atoms with Crippen LogP contribution in [0.2, 0.25) is 5.02 Å². The predicted molar refractivity (Wildman–Crippen MR) is 152 cm³/mol. The van der Waals surface area contributed by atoms with E-state index >= 15 is 0 Å². The van der Waals surface area contributed by atoms with Crippen LogP contribution in [0.15, 0.2) is 60.7 Å². The van der Waals surface area contributed by atoms with Crippen molar-refractivity contribution in [1.29, 1.82) is 0 Å². The van der Waals surface area contributed by atoms with Gasteiger partial charge in [-0.1, -0.05) is 49.2 Å². The molecule has 1 atom stereocenters. The van der Waals surface area contributed by atoms with Crippen molar-refractivity contribution >= 4 is 17.5 Å². The molecule has 0 bridgehead atoms. The van der Waals surface area contributed by atoms with Crippen molar-refractivity contribution in [2.45, 2.75) is 39.2 Å². The van der Waals surface area contributed by atoms with E-state index in [-0.39, 0.29) is 11.7 Å². The number of phenolic OH excluding ortho intramolecular Hbond substituents is 1. The fourth-order valence-electron chi connectivity index (χ4n) is 4.96. The third-order valence-corrected chi connectivity index (χ3v) is 7.57. The Kier molecular flexibility index (Phi) is 7.79. The minimum absolute atomic E-state index is 0.0637. The summed E-state index contributed by atoms with van der Waals surface area (Å²) in [6.07, 6.45) is 2.72. The first-order valence-electron chi connectivity index (χ1n) is 13.2. The number of nitrogens with one attached hydrogen (secondary N) is 1. The van der Waals surface area contributed by atoms with Gasteiger partial charge in [0.2, 0.25) is 0 Å². The van der Waals surface area contributed by atoms with Gasteiger partial charge in [0.05, 0.1) is 19.8 Å². The van der Waals surface area contributed by atoms with E-state index in [0.29, 0.717) is 41.5 Å². The Morgan fingerprint density at radius 1 is 1.08 bits per heavy atom. The van der Waals surface area contributed by atoms with Crippen LogP contribution in [0.4, 0.5) is 0 Å². The molecule has 1 unspecified atom stereocenters. The van der Waals surface area contributed by atoms with Crippen LogP contribution in [-0.2, 0) is 6.42 Å². The van der Waals surface area contributed by atoms with Gasteiger partial charge in [0, 0.05) is 22.7 Å². The summed E-state index contributed by atoms with van der Waals surface area (Å²) in [6.45, 7) is 5.11. The number of hydrogen-bond acceptors (Lipinski definition) is 5. The maximum absolute atomic E-state index is 13.7. The molecular formula is C31H32ClN3O4. The molecule has 0 fully saturated rings. The lowest BCUT2D eigenvalue weighted by molar-refractivity contribution is 0.0746. The SMILES string of the molecule is CCCCOc1ccc(C2c3c(-c4cc(Cl)c(C)cc4O)n[nH]c3C(=O)N2CCc2ccc(OC)cc2)cc1. The zero-order valence-electron chi connectivity index (χ0n) is 22.3. The number of carbonyl (C=O) groups is 1. The predicted octanol–water partition coefficient (Wildman–Crippen LogP) is 6.72. The average molecular weight is 546 g/mol. The van der Waals surface area contributed by atoms with Crippen molar-refractivity contribution in [1.82, 2.24) is 15.1 Å². The average Bonchev–Trinajstić information content (AvgIpc) is 3.49. The second kappa shape index (κ2) is 11.4. The summed E-state index contributed by atoms with van der Waals surface area (Å²) in [5, 5.41) is 18.7. The molecule has 5 rings (SSSR count). The summed E-state index contributed by atoms with van der Waals surface area (Å²) in [7, 11) is 1.64. The number of rotatable bonds is 10. The first-order valence-corrected chi connectivity index (χ1v) is 13.5. The van der Waals surface area contributed by atoms with Crippen LogP contribution in [0, 0.1) is 6.92 Å². The molecule has 2 N–H and O–H groups in total. The number of aromatic nitrogens is 2. The molecule has 1 amide bonds. The molecule has 1 aliphatic heterocycles. The van der Waals surface area contributed by atoms with Gasteiger partial charge in [0.15, 0.2) is 0 Å². The number of aromatic hydroxyl groups is 1. The minimum atomic E-state index is -0.399. The summed E-state index contributed by atoms with van der Waals surface area (Å²) >= 11 is 6.42. The molecule has 0 saturated heterocycles. The van der Waals surface area contributed by atoms with E-state index < -0.39 is 6.04 Å². The van der Waals surface area contributed by atoms with Gasteiger partial charge >= 0.3 is 0 Å². The quantitative estimate of drug-likeness (QED) is 0.216. The van der Waals surface area contributed by atoms with Gasteiger partial charge in [0.25, 0.3) is 5.91 Å². The Balaban J connectivity index is 1.52. The van der Waals surface area contributed by atoms with Crippen LogP contribution in [0.1, 0.15) is 58.5 Å². The van der Waals surface area contributed by atoms with Crippen molar-refractivity contribution in [2.75, 3.05) is 20.3 Å². The number of unbranched alkanes of at least 4 members (excludes halogenated alkanes) is 1. The van der Waals surface area contributed by atoms with Crippen LogP contribution >= 0.6 is 11.6 Å². The molecule has 0 saturated carbocycles. The highest BCUT2D eigenvalue weighted by Crippen LogP contribution is 2.45. The number of phenols is 1. The molecule has 39 heavy (non-hydrogen) atoms. The van der Waals surface area contributed by atoms with Gasteiger partial charge in [-0.3, -0.25) is 9.89 Å². The lowest BCUT2D eigenvalue weighted by Gasteiger charge is -2.27. The number of hydrogen-bond donors (Lipinski definition) is 2. The van der Waals surface area contributed by atoms with E-state index in [9.17, 15) is 9.90 Å². The second-order valence-corrected chi connectivity index (χ2v) is 10.2. The number of benzene rings is 3. The Bertz CT molecular complexity index is 1460. The van der Waals surface area contributed by atoms with E-state index in [2.05, 4.69) is 17.1 Å². The lowest BCUT2D eigenvalue weighted by atomic mass is 9.95. The highest BCUT2D eigenvalue weighted by molar-refractivity contribution is 6.31. The lowest BCUT2D eigenvalue weighted by Crippen LogP contribution is -2.31. The molecule has 7 nitrogen and oxygen atoms in total. The summed E-state index contributed by atoms with van der Waals surface area (Å²) < 4.78 is 11.1. The van der Waals surface area contributed by atoms with Crippen LogP contribution in [-0.4, -0.2) is 46.4 Å². The van der Waals surface area contributed by atoms with Crippen molar-refractivity contribution in [3.63, 3.8) is 0 Å². The summed E-state index contributed by atoms with van der Waals surface area (Å²) in [4.78, 5) is 15.6. The zero-order chi connectivity index (χ0) is 27.5. The number of nitrogens with zero attached hydrogens (tertiary/aromatic N) is 2. The third kappa shape index (κ3) is 5.32. The van der Waals surface area contributed by atoms with E-state index in [1.54, 1.807) is 19.2 Å². The summed E-state index contributed by atoms with van der Waals surface area (Å²) in [5.74, 6) is 1.51. The topological polar surface area (TPSA) is 87.7 Å². The maximum Gasteiger partial charge on any atom is 0.273 e. The fraction of sp³-hybridized carbons (Fsp3) is 0.290. The normalized spacial score (nSPS) is 14.5. The molecule has 0 spiro atoms. The van der Waals surface area contributed by atoms with Crippen molar-refractivity contribution in [3.8, 4) is 28.5 Å². The molecule has 2 heterocycles. The summed E-state index contributed by atoms with van der Waals surface area (Å²) in [6, 6.07) is 18.7. The molecule has 202 valence electrons. The zero-order valence-corrected chi connectivity index (χ0v) is 23.1. The largest absolute Gasteiger partial charge is 0.507 e. The van der Waals surface area contributed by atoms with Crippen LogP contribution in [0.5, 0.6) is 17.2 Å². The third-order valence-electron chi connectivity index (χ3n) is 7.16. The number of amides is 1. The Hall–Kier alpha value is -3.97. The molecule has 1 aromatic heterocycles. The van der Waals surface area contributed by atoms with Crippen LogP contribution < -0.4 is 9.47 Å². The maximum atomic E-state index is 13.7. The second-order valence-electron chi connectivity index (χ2n) is 9.75. The van der Waals surface area contributed by atoms with Crippen LogP contribution in [0.3, 0.4) is 0 Å². The number of methoxy groups -OCH3 is 1. The number of carbonyl (C=O) groups excluding carboxylic acids is 1. The molecule has 4 aromatic rings. The number of fused-ring (bicyclic) bond motifs is 1. The first-order chi connectivity index (χ1) is 18.9. The van der Waals surface area contributed by atoms with Crippen molar-refractivity contribution in [2.24, 2.45) is 0 Å². The van der Waals surface area contributed by atoms with E-state index in [4.69, 9.17) is 21.1 Å². The highest BCUT2D eigenvalue weighted by atomic mass is 35.5. The Morgan fingerprint density at radius 3 is 2.49 bits per heavy atom. The number of halogens is 1. The first kappa shape index (κ1) is 26.6. The van der Waals surface area contributed by atoms with Gasteiger partial charge in [0.1, 0.15) is 28.6 Å². The molecule has 0 aliphatic carbocycles. The van der Waals surface area contributed by atoms with E-state index in [1.165, 1.54) is 0 Å². The molecular weight excluding hydrogens is 514 g/mol. The van der Waals surface area contributed by atoms with Gasteiger partial charge in [-0.05, 0) is 72.9 Å². The van der Waals surface area contributed by atoms with Gasteiger partial charge < -0.3 is 19.5 Å². The van der Waals surface area contributed by atoms with E-state index in [1.807, 2.05) is 60.4 Å². The number of H-pyrrole nitrogens is 1. The van der Waals surface area contributed by atoms with Gasteiger partial charge in [-0.15, -0.1) is 0 Å². The van der Waals surface area contributed by atoms with Gasteiger partial charge in [-0.2, -0.15) is 5.10 Å². The molecule has 3 aromatic carbocycles. The number of aromatic amines is 1. The monoisotopic (exact) mass is 545 g/mol. The van der Waals surface area contributed by atoms with Crippen molar-refractivity contribution in [3.05, 3.63) is 93.6 Å². The van der Waals surface area contributed by atoms with Crippen molar-refractivity contribution < 1.29 is 19.4 Å². The molecule has 8 heteroatoms. The number of aryl methyl sites for hydroxylation is 1. The highest BCUT2D eigenvalue weighted by Gasteiger charge is 2.42. The Labute approximate surface area is 233 Å². The number of ether oxygens (including phenoxy) is 2. The van der Waals surface area contributed by atoms with Gasteiger partial charge in [-0.25, -0.2) is 0 Å². The summed E-state index contributed by atoms with van der Waals surface area (Å²) in [5.41, 5.74) is 4.93. The minimum Gasteiger partial charge on any atom is -0.507 e. The Morgan fingerprint density at radius 2 is 1.79 bits per heavy atom. The smallest absolute Gasteiger partial charge is 0.273 e. The van der Waals surface area contributed by atoms with E-state index in [0.717, 1.165) is 46.6 Å². The standard InChI is InChI=1S/C31H32ClN3O4/c1-4-5-16-39-23-12-8-21(9-13-23)30-27-28(24-18-25(32)19(2)17-26(24)36)33-34-29(27)31(37)35(30)15-14-20-6-10-22(38-3)11-7-20/h6-13,17-18,30,36H,4-5,14-16H2,1-3H3,(H,33,34). The molecule has 1 aliphatic rings. The fourth-order valence-corrected chi connectivity index (χ4v) is 5.12. The van der Waals surface area contributed by atoms with Crippen LogP contribution in [0.25, 0.3) is 11.3 Å². The molecule has 0 radical (unpaired) electrons.